The van der Waals surface area contributed by atoms with Crippen molar-refractivity contribution in [3.05, 3.63) is 28.2 Å². The number of halogens is 1. The number of ether oxygens (including phenoxy) is 1. The first-order chi connectivity index (χ1) is 9.58. The van der Waals surface area contributed by atoms with Crippen molar-refractivity contribution in [2.75, 3.05) is 38.3 Å². The monoisotopic (exact) mass is 342 g/mol. The Morgan fingerprint density at radius 2 is 2.10 bits per heavy atom. The fraction of sp³-hybridized carbons (Fsp3) is 0.625. The van der Waals surface area contributed by atoms with Crippen molar-refractivity contribution in [1.82, 2.24) is 5.32 Å². The van der Waals surface area contributed by atoms with Crippen LogP contribution in [0.3, 0.4) is 0 Å². The number of hydrogen-bond donors (Lipinski definition) is 1. The number of rotatable bonds is 9. The molecular formula is C16H27BrN2O. The topological polar surface area (TPSA) is 24.5 Å². The van der Waals surface area contributed by atoms with Crippen molar-refractivity contribution in [2.24, 2.45) is 5.92 Å². The molecule has 0 unspecified atom stereocenters. The third-order valence-corrected chi connectivity index (χ3v) is 3.96. The maximum absolute atomic E-state index is 5.16. The van der Waals surface area contributed by atoms with Crippen LogP contribution in [0.2, 0.25) is 0 Å². The largest absolute Gasteiger partial charge is 0.383 e. The van der Waals surface area contributed by atoms with Gasteiger partial charge in [-0.25, -0.2) is 0 Å². The quantitative estimate of drug-likeness (QED) is 0.740. The molecule has 1 rings (SSSR count). The van der Waals surface area contributed by atoms with Gasteiger partial charge in [0.05, 0.1) is 6.61 Å². The van der Waals surface area contributed by atoms with E-state index >= 15 is 0 Å². The average Bonchev–Trinajstić information content (AvgIpc) is 2.41. The molecule has 0 aliphatic rings. The van der Waals surface area contributed by atoms with Crippen LogP contribution in [-0.2, 0) is 11.3 Å². The summed E-state index contributed by atoms with van der Waals surface area (Å²) in [5.41, 5.74) is 2.54. The van der Waals surface area contributed by atoms with E-state index in [1.807, 2.05) is 0 Å². The molecule has 0 aliphatic heterocycles. The first-order valence-electron chi connectivity index (χ1n) is 7.31. The Hall–Kier alpha value is -0.580. The number of likely N-dealkylation sites (N-methyl/N-ethyl adjacent to an activating group) is 1. The fourth-order valence-electron chi connectivity index (χ4n) is 2.04. The normalized spacial score (nSPS) is 11.1. The summed E-state index contributed by atoms with van der Waals surface area (Å²) in [6.07, 6.45) is 0. The van der Waals surface area contributed by atoms with Crippen LogP contribution in [0, 0.1) is 5.92 Å². The molecule has 0 atom stereocenters. The lowest BCUT2D eigenvalue weighted by atomic mass is 10.1. The standard InChI is InChI=1S/C16H27BrN2O/c1-5-19(8-9-20-4)15-7-6-14(16(17)10-15)12-18-11-13(2)3/h6-7,10,13,18H,5,8-9,11-12H2,1-4H3. The minimum absolute atomic E-state index is 0.678. The predicted octanol–water partition coefficient (Wildman–Crippen LogP) is 3.67. The van der Waals surface area contributed by atoms with Crippen molar-refractivity contribution >= 4 is 21.6 Å². The van der Waals surface area contributed by atoms with E-state index in [0.717, 1.165) is 32.8 Å². The second-order valence-electron chi connectivity index (χ2n) is 5.37. The SMILES string of the molecule is CCN(CCOC)c1ccc(CNCC(C)C)c(Br)c1. The Morgan fingerprint density at radius 3 is 2.65 bits per heavy atom. The van der Waals surface area contributed by atoms with Crippen LogP contribution >= 0.6 is 15.9 Å². The zero-order valence-electron chi connectivity index (χ0n) is 13.1. The Labute approximate surface area is 131 Å². The molecule has 0 bridgehead atoms. The van der Waals surface area contributed by atoms with Crippen molar-refractivity contribution in [3.63, 3.8) is 0 Å². The molecule has 0 heterocycles. The molecule has 0 aliphatic carbocycles. The molecule has 0 radical (unpaired) electrons. The second-order valence-corrected chi connectivity index (χ2v) is 6.23. The third kappa shape index (κ3) is 5.81. The molecule has 1 aromatic carbocycles. The van der Waals surface area contributed by atoms with Crippen molar-refractivity contribution < 1.29 is 4.74 Å². The third-order valence-electron chi connectivity index (χ3n) is 3.22. The average molecular weight is 343 g/mol. The first kappa shape index (κ1) is 17.5. The maximum Gasteiger partial charge on any atom is 0.0637 e. The van der Waals surface area contributed by atoms with Gasteiger partial charge in [-0.05, 0) is 37.1 Å². The number of hydrogen-bond acceptors (Lipinski definition) is 3. The van der Waals surface area contributed by atoms with Gasteiger partial charge in [0.25, 0.3) is 0 Å². The van der Waals surface area contributed by atoms with E-state index in [4.69, 9.17) is 4.74 Å². The lowest BCUT2D eigenvalue weighted by Crippen LogP contribution is -2.26. The minimum Gasteiger partial charge on any atom is -0.383 e. The van der Waals surface area contributed by atoms with Gasteiger partial charge < -0.3 is 15.0 Å². The summed E-state index contributed by atoms with van der Waals surface area (Å²) in [5, 5.41) is 3.48. The van der Waals surface area contributed by atoms with Crippen LogP contribution in [0.15, 0.2) is 22.7 Å². The summed E-state index contributed by atoms with van der Waals surface area (Å²) < 4.78 is 6.33. The van der Waals surface area contributed by atoms with Crippen molar-refractivity contribution in [1.29, 1.82) is 0 Å². The molecule has 0 amide bonds. The molecule has 1 aromatic rings. The Balaban J connectivity index is 2.65. The van der Waals surface area contributed by atoms with Crippen LogP contribution in [0.5, 0.6) is 0 Å². The minimum atomic E-state index is 0.678. The zero-order chi connectivity index (χ0) is 15.0. The number of benzene rings is 1. The van der Waals surface area contributed by atoms with Gasteiger partial charge >= 0.3 is 0 Å². The highest BCUT2D eigenvalue weighted by Gasteiger charge is 2.07. The van der Waals surface area contributed by atoms with Crippen LogP contribution in [0.4, 0.5) is 5.69 Å². The molecule has 3 nitrogen and oxygen atoms in total. The molecule has 0 saturated heterocycles. The Kier molecular flexibility index (Phi) is 8.19. The van der Waals surface area contributed by atoms with Gasteiger partial charge in [-0.1, -0.05) is 35.8 Å². The zero-order valence-corrected chi connectivity index (χ0v) is 14.7. The molecule has 1 N–H and O–H groups in total. The molecular weight excluding hydrogens is 316 g/mol. The van der Waals surface area contributed by atoms with Gasteiger partial charge in [0.15, 0.2) is 0 Å². The van der Waals surface area contributed by atoms with Gasteiger partial charge in [-0.3, -0.25) is 0 Å². The van der Waals surface area contributed by atoms with Gasteiger partial charge in [0, 0.05) is 36.9 Å². The van der Waals surface area contributed by atoms with Crippen molar-refractivity contribution in [3.8, 4) is 0 Å². The highest BCUT2D eigenvalue weighted by atomic mass is 79.9. The van der Waals surface area contributed by atoms with Gasteiger partial charge in [0.1, 0.15) is 0 Å². The van der Waals surface area contributed by atoms with Gasteiger partial charge in [0.2, 0.25) is 0 Å². The van der Waals surface area contributed by atoms with E-state index in [-0.39, 0.29) is 0 Å². The number of nitrogens with one attached hydrogen (secondary N) is 1. The number of methoxy groups -OCH3 is 1. The van der Waals surface area contributed by atoms with E-state index in [0.29, 0.717) is 5.92 Å². The van der Waals surface area contributed by atoms with Crippen molar-refractivity contribution in [2.45, 2.75) is 27.3 Å². The molecule has 0 aromatic heterocycles. The van der Waals surface area contributed by atoms with E-state index in [1.165, 1.54) is 15.7 Å². The van der Waals surface area contributed by atoms with E-state index < -0.39 is 0 Å². The number of nitrogens with zero attached hydrogens (tertiary/aromatic N) is 1. The highest BCUT2D eigenvalue weighted by Crippen LogP contribution is 2.24. The Bertz CT molecular complexity index is 396. The molecule has 0 saturated carbocycles. The van der Waals surface area contributed by atoms with E-state index in [1.54, 1.807) is 7.11 Å². The first-order valence-corrected chi connectivity index (χ1v) is 8.10. The molecule has 0 spiro atoms. The van der Waals surface area contributed by atoms with Crippen LogP contribution in [0.1, 0.15) is 26.3 Å². The lowest BCUT2D eigenvalue weighted by molar-refractivity contribution is 0.205. The highest BCUT2D eigenvalue weighted by molar-refractivity contribution is 9.10. The summed E-state index contributed by atoms with van der Waals surface area (Å²) in [6.45, 7) is 11.2. The maximum atomic E-state index is 5.16. The fourth-order valence-corrected chi connectivity index (χ4v) is 2.55. The summed E-state index contributed by atoms with van der Waals surface area (Å²) in [4.78, 5) is 2.32. The summed E-state index contributed by atoms with van der Waals surface area (Å²) >= 11 is 3.68. The van der Waals surface area contributed by atoms with Gasteiger partial charge in [-0.2, -0.15) is 0 Å². The summed E-state index contributed by atoms with van der Waals surface area (Å²) in [5.74, 6) is 0.678. The molecule has 20 heavy (non-hydrogen) atoms. The Morgan fingerprint density at radius 1 is 1.35 bits per heavy atom. The predicted molar refractivity (Wildman–Crippen MR) is 90.4 cm³/mol. The number of anilines is 1. The van der Waals surface area contributed by atoms with E-state index in [9.17, 15) is 0 Å². The van der Waals surface area contributed by atoms with Crippen LogP contribution in [0.25, 0.3) is 0 Å². The smallest absolute Gasteiger partial charge is 0.0637 e. The second kappa shape index (κ2) is 9.37. The molecule has 4 heteroatoms. The van der Waals surface area contributed by atoms with Crippen LogP contribution in [-0.4, -0.2) is 33.4 Å². The van der Waals surface area contributed by atoms with E-state index in [2.05, 4.69) is 65.1 Å². The summed E-state index contributed by atoms with van der Waals surface area (Å²) in [6, 6.07) is 6.59. The molecule has 0 fully saturated rings. The molecule has 114 valence electrons. The van der Waals surface area contributed by atoms with Crippen LogP contribution < -0.4 is 10.2 Å². The lowest BCUT2D eigenvalue weighted by Gasteiger charge is -2.23. The summed E-state index contributed by atoms with van der Waals surface area (Å²) in [7, 11) is 1.74. The van der Waals surface area contributed by atoms with Gasteiger partial charge in [-0.15, -0.1) is 0 Å².